The molecule has 2 atom stereocenters. The summed E-state index contributed by atoms with van der Waals surface area (Å²) in [4.78, 5) is 74.1. The van der Waals surface area contributed by atoms with E-state index in [1.54, 1.807) is 0 Å². The summed E-state index contributed by atoms with van der Waals surface area (Å²) in [5.41, 5.74) is 3.91. The Bertz CT molecular complexity index is 1490. The van der Waals surface area contributed by atoms with Crippen molar-refractivity contribution in [2.24, 2.45) is 12.2 Å². The fourth-order valence-electron chi connectivity index (χ4n) is 3.42. The number of allylic oxidation sites excluding steroid dienone is 1. The first-order valence-electron chi connectivity index (χ1n) is 10.2. The molecular weight excluding hydrogens is 548 g/mol. The van der Waals surface area contributed by atoms with E-state index in [0.717, 1.165) is 28.0 Å². The van der Waals surface area contributed by atoms with Crippen LogP contribution in [0.25, 0.3) is 0 Å². The number of carboxylic acid groups (broad SMARTS) is 1. The molecule has 2 aromatic heterocycles. The number of rotatable bonds is 8. The molecule has 37 heavy (non-hydrogen) atoms. The lowest BCUT2D eigenvalue weighted by Crippen LogP contribution is -2.71. The van der Waals surface area contributed by atoms with Crippen molar-refractivity contribution in [2.45, 2.75) is 16.6 Å². The normalized spacial score (nSPS) is 19.6. The van der Waals surface area contributed by atoms with Crippen LogP contribution in [-0.2, 0) is 26.3 Å². The van der Waals surface area contributed by atoms with Gasteiger partial charge in [-0.2, -0.15) is 4.98 Å². The molecule has 0 aliphatic carbocycles. The van der Waals surface area contributed by atoms with Gasteiger partial charge in [-0.3, -0.25) is 33.9 Å². The Hall–Kier alpha value is -3.90. The number of nitrogens with two attached hydrogens (primary N) is 1. The number of oxime groups is 1. The number of hydrogen-bond acceptors (Lipinski definition) is 13. The predicted octanol–water partition coefficient (Wildman–Crippen LogP) is -1.10. The van der Waals surface area contributed by atoms with Crippen molar-refractivity contribution in [1.29, 1.82) is 0 Å². The average molecular weight is 567 g/mol. The number of nitrogens with one attached hydrogen (secondary N) is 2. The number of aliphatic carboxylic acids is 1. The number of nitrogen functional groups attached to an aromatic ring is 1. The molecule has 4 heterocycles. The van der Waals surface area contributed by atoms with Crippen molar-refractivity contribution < 1.29 is 24.3 Å². The Labute approximate surface area is 219 Å². The second kappa shape index (κ2) is 10.6. The zero-order chi connectivity index (χ0) is 26.9. The molecule has 4 rings (SSSR count). The maximum atomic E-state index is 12.9. The summed E-state index contributed by atoms with van der Waals surface area (Å²) in [6, 6.07) is -0.996. The molecule has 1 fully saturated rings. The van der Waals surface area contributed by atoms with Crippen LogP contribution in [0.1, 0.15) is 5.69 Å². The number of fused-ring (bicyclic) bond motifs is 1. The second-order valence-corrected chi connectivity index (χ2v) is 10.2. The number of β-lactam (4-membered cyclic amide) rings is 1. The van der Waals surface area contributed by atoms with Gasteiger partial charge in [0.25, 0.3) is 11.8 Å². The van der Waals surface area contributed by atoms with Crippen LogP contribution in [0.5, 0.6) is 0 Å². The highest BCUT2D eigenvalue weighted by molar-refractivity contribution is 8.02. The van der Waals surface area contributed by atoms with E-state index in [1.807, 2.05) is 0 Å². The molecule has 194 valence electrons. The van der Waals surface area contributed by atoms with Gasteiger partial charge in [0.1, 0.15) is 29.9 Å². The van der Waals surface area contributed by atoms with E-state index in [1.165, 1.54) is 47.5 Å². The minimum atomic E-state index is -1.32. The Morgan fingerprint density at radius 3 is 2.78 bits per heavy atom. The van der Waals surface area contributed by atoms with Gasteiger partial charge in [-0.1, -0.05) is 16.9 Å². The summed E-state index contributed by atoms with van der Waals surface area (Å²) in [6.07, 6.45) is 1.49. The van der Waals surface area contributed by atoms with E-state index in [-0.39, 0.29) is 33.1 Å². The summed E-state index contributed by atoms with van der Waals surface area (Å²) in [6.45, 7) is 0. The average Bonchev–Trinajstić information content (AvgIpc) is 3.29. The van der Waals surface area contributed by atoms with Gasteiger partial charge in [0.2, 0.25) is 0 Å². The number of carboxylic acids is 1. The summed E-state index contributed by atoms with van der Waals surface area (Å²) >= 11 is 3.34. The number of aromatic nitrogens is 4. The van der Waals surface area contributed by atoms with Crippen molar-refractivity contribution in [3.05, 3.63) is 54.5 Å². The van der Waals surface area contributed by atoms with E-state index in [4.69, 9.17) is 10.6 Å². The van der Waals surface area contributed by atoms with Crippen LogP contribution in [0.3, 0.4) is 0 Å². The number of carbonyl (C=O) groups is 3. The Kier molecular flexibility index (Phi) is 7.50. The molecule has 0 spiro atoms. The summed E-state index contributed by atoms with van der Waals surface area (Å²) in [5, 5.41) is 21.1. The van der Waals surface area contributed by atoms with Gasteiger partial charge < -0.3 is 21.0 Å². The highest BCUT2D eigenvalue weighted by Gasteiger charge is 2.54. The first-order chi connectivity index (χ1) is 17.6. The van der Waals surface area contributed by atoms with Crippen LogP contribution in [0.15, 0.2) is 48.0 Å². The number of aryl methyl sites for hydroxylation is 1. The minimum Gasteiger partial charge on any atom is -0.477 e. The molecule has 1 saturated heterocycles. The maximum Gasteiger partial charge on any atom is 0.352 e. The molecule has 0 bridgehead atoms. The Balaban J connectivity index is 1.51. The van der Waals surface area contributed by atoms with Crippen molar-refractivity contribution >= 4 is 63.5 Å². The molecule has 15 nitrogen and oxygen atoms in total. The van der Waals surface area contributed by atoms with Crippen molar-refractivity contribution in [1.82, 2.24) is 30.0 Å². The lowest BCUT2D eigenvalue weighted by atomic mass is 10.0. The molecule has 2 aliphatic rings. The van der Waals surface area contributed by atoms with Gasteiger partial charge in [-0.05, 0) is 17.1 Å². The Morgan fingerprint density at radius 1 is 1.38 bits per heavy atom. The fourth-order valence-corrected chi connectivity index (χ4v) is 5.98. The van der Waals surface area contributed by atoms with E-state index in [9.17, 15) is 29.1 Å². The molecule has 0 saturated carbocycles. The standard InChI is InChI=1S/C19H18N8O7S3/c1-26-19(23-13(29)14(30)24-26)35-4-3-7-5-36-16-10(15(31)27(16)11(7)17(32)33)22-12(28)9(25-34-2)8-6-37-18(20)21-8/h3-4,6,10,16H,5H2,1-2H3,(H2,20,21)(H,22,28)(H,24,30)(H,32,33). The fraction of sp³-hybridized carbons (Fsp3) is 0.263. The largest absolute Gasteiger partial charge is 0.477 e. The number of carbonyl (C=O) groups excluding carboxylic acids is 2. The number of nitrogens with zero attached hydrogens (tertiary/aromatic N) is 5. The summed E-state index contributed by atoms with van der Waals surface area (Å²) < 4.78 is 1.25. The van der Waals surface area contributed by atoms with Crippen LogP contribution < -0.4 is 22.2 Å². The van der Waals surface area contributed by atoms with Crippen LogP contribution in [0.4, 0.5) is 5.13 Å². The minimum absolute atomic E-state index is 0.173. The number of hydrogen-bond donors (Lipinski definition) is 4. The molecule has 2 aromatic rings. The SMILES string of the molecule is CON=C(C(=O)NC1C(=O)N2C(C(=O)O)=C(C=CSc3nc(=O)c(=O)[nH]n3C)CSC12)c1csc(N)n1. The van der Waals surface area contributed by atoms with Gasteiger partial charge in [-0.25, -0.2) is 9.78 Å². The zero-order valence-corrected chi connectivity index (χ0v) is 21.5. The van der Waals surface area contributed by atoms with E-state index >= 15 is 0 Å². The maximum absolute atomic E-state index is 12.9. The van der Waals surface area contributed by atoms with Crippen molar-refractivity contribution in [3.8, 4) is 0 Å². The van der Waals surface area contributed by atoms with E-state index in [2.05, 4.69) is 25.5 Å². The lowest BCUT2D eigenvalue weighted by molar-refractivity contribution is -0.150. The van der Waals surface area contributed by atoms with Gasteiger partial charge in [0, 0.05) is 18.2 Å². The van der Waals surface area contributed by atoms with E-state index < -0.39 is 40.3 Å². The number of amides is 2. The summed E-state index contributed by atoms with van der Waals surface area (Å²) in [7, 11) is 2.74. The second-order valence-electron chi connectivity index (χ2n) is 7.35. The molecule has 18 heteroatoms. The van der Waals surface area contributed by atoms with Gasteiger partial charge in [-0.15, -0.1) is 23.1 Å². The van der Waals surface area contributed by atoms with Crippen molar-refractivity contribution in [2.75, 3.05) is 18.6 Å². The van der Waals surface area contributed by atoms with Gasteiger partial charge >= 0.3 is 17.1 Å². The predicted molar refractivity (Wildman–Crippen MR) is 135 cm³/mol. The number of thiazole rings is 1. The third-order valence-corrected chi connectivity index (χ3v) is 7.86. The third-order valence-electron chi connectivity index (χ3n) is 5.04. The topological polar surface area (TPSA) is 215 Å². The molecule has 0 aromatic carbocycles. The van der Waals surface area contributed by atoms with Crippen LogP contribution >= 0.6 is 34.9 Å². The summed E-state index contributed by atoms with van der Waals surface area (Å²) in [5.74, 6) is -2.44. The molecule has 2 amide bonds. The zero-order valence-electron chi connectivity index (χ0n) is 19.0. The van der Waals surface area contributed by atoms with Crippen LogP contribution in [0, 0.1) is 0 Å². The lowest BCUT2D eigenvalue weighted by Gasteiger charge is -2.49. The molecule has 2 aliphatic heterocycles. The highest BCUT2D eigenvalue weighted by atomic mass is 32.2. The molecule has 0 radical (unpaired) electrons. The number of aromatic amines is 1. The molecule has 5 N–H and O–H groups in total. The van der Waals surface area contributed by atoms with Crippen molar-refractivity contribution in [3.63, 3.8) is 0 Å². The van der Waals surface area contributed by atoms with Gasteiger partial charge in [0.15, 0.2) is 16.0 Å². The number of thioether (sulfide) groups is 2. The highest BCUT2D eigenvalue weighted by Crippen LogP contribution is 2.41. The third kappa shape index (κ3) is 5.16. The van der Waals surface area contributed by atoms with Crippen LogP contribution in [0.2, 0.25) is 0 Å². The number of H-pyrrole nitrogens is 1. The Morgan fingerprint density at radius 2 is 2.14 bits per heavy atom. The smallest absolute Gasteiger partial charge is 0.352 e. The quantitative estimate of drug-likeness (QED) is 0.0985. The first-order valence-corrected chi connectivity index (χ1v) is 13.0. The van der Waals surface area contributed by atoms with Crippen LogP contribution in [-0.4, -0.2) is 77.5 Å². The monoisotopic (exact) mass is 566 g/mol. The molecular formula is C19H18N8O7S3. The van der Waals surface area contributed by atoms with Gasteiger partial charge in [0.05, 0.1) is 0 Å². The number of anilines is 1. The first kappa shape index (κ1) is 26.2. The molecule has 2 unspecified atom stereocenters. The van der Waals surface area contributed by atoms with E-state index in [0.29, 0.717) is 5.57 Å².